The van der Waals surface area contributed by atoms with E-state index < -0.39 is 11.9 Å². The standard InChI is InChI=1S/C27H38N2O6/c1-20(2)27(31)35-18-17-34-26(30)14-9-21-7-11-23(12-8-21)32-15-5-3-4-6-16-33-25-13-10-22(28)19-24(25)29/h7,9,11-14,19,21-22H,1,3-6,8,10,15-18,28-29H2,2H3/b14-9+. The van der Waals surface area contributed by atoms with Gasteiger partial charge >= 0.3 is 11.9 Å². The molecule has 0 bridgehead atoms. The van der Waals surface area contributed by atoms with E-state index in [1.54, 1.807) is 13.0 Å². The summed E-state index contributed by atoms with van der Waals surface area (Å²) in [5.41, 5.74) is 12.7. The van der Waals surface area contributed by atoms with Crippen LogP contribution in [0.4, 0.5) is 0 Å². The topological polar surface area (TPSA) is 123 Å². The van der Waals surface area contributed by atoms with Gasteiger partial charge in [-0.15, -0.1) is 0 Å². The summed E-state index contributed by atoms with van der Waals surface area (Å²) in [7, 11) is 0. The zero-order valence-corrected chi connectivity index (χ0v) is 20.6. The zero-order chi connectivity index (χ0) is 25.5. The SMILES string of the molecule is C=C(C)C(=O)OCCOC(=O)/C=C/C1C=CC(OCCCCCCOC2=CCC(N)C=C2N)=CC1. The molecule has 35 heavy (non-hydrogen) atoms. The monoisotopic (exact) mass is 486 g/mol. The van der Waals surface area contributed by atoms with E-state index in [2.05, 4.69) is 6.58 Å². The maximum atomic E-state index is 11.7. The van der Waals surface area contributed by atoms with Crippen molar-refractivity contribution in [3.8, 4) is 0 Å². The molecule has 2 atom stereocenters. The molecule has 0 amide bonds. The molecule has 0 spiro atoms. The quantitative estimate of drug-likeness (QED) is 0.204. The minimum Gasteiger partial charge on any atom is -0.494 e. The molecule has 2 rings (SSSR count). The summed E-state index contributed by atoms with van der Waals surface area (Å²) in [4.78, 5) is 23.0. The molecule has 8 heteroatoms. The second-order valence-electron chi connectivity index (χ2n) is 8.51. The number of carbonyl (C=O) groups is 2. The van der Waals surface area contributed by atoms with Crippen LogP contribution in [0.1, 0.15) is 45.4 Å². The Kier molecular flexibility index (Phi) is 12.5. The molecule has 0 fully saturated rings. The van der Waals surface area contributed by atoms with Crippen molar-refractivity contribution >= 4 is 11.9 Å². The van der Waals surface area contributed by atoms with Gasteiger partial charge in [0.15, 0.2) is 0 Å². The van der Waals surface area contributed by atoms with E-state index in [1.165, 1.54) is 6.08 Å². The molecular formula is C27H38N2O6. The van der Waals surface area contributed by atoms with Crippen LogP contribution in [0.15, 0.2) is 71.9 Å². The van der Waals surface area contributed by atoms with Gasteiger partial charge in [-0.3, -0.25) is 0 Å². The fourth-order valence-corrected chi connectivity index (χ4v) is 3.33. The van der Waals surface area contributed by atoms with Gasteiger partial charge in [-0.2, -0.15) is 0 Å². The first kappa shape index (κ1) is 28.0. The molecule has 0 saturated carbocycles. The fourth-order valence-electron chi connectivity index (χ4n) is 3.33. The lowest BCUT2D eigenvalue weighted by atomic mass is 9.99. The highest BCUT2D eigenvalue weighted by atomic mass is 16.6. The molecule has 0 aromatic rings. The summed E-state index contributed by atoms with van der Waals surface area (Å²) >= 11 is 0. The van der Waals surface area contributed by atoms with Crippen LogP contribution in [0.25, 0.3) is 0 Å². The van der Waals surface area contributed by atoms with Crippen LogP contribution in [0.5, 0.6) is 0 Å². The number of unbranched alkanes of at least 4 members (excludes halogenated alkanes) is 3. The van der Waals surface area contributed by atoms with E-state index in [-0.39, 0.29) is 25.2 Å². The molecule has 4 N–H and O–H groups in total. The number of rotatable bonds is 15. The fraction of sp³-hybridized carbons (Fsp3) is 0.481. The third-order valence-electron chi connectivity index (χ3n) is 5.31. The first-order valence-corrected chi connectivity index (χ1v) is 12.1. The van der Waals surface area contributed by atoms with Crippen molar-refractivity contribution < 1.29 is 28.5 Å². The second-order valence-corrected chi connectivity index (χ2v) is 8.51. The molecule has 2 unspecified atom stereocenters. The number of esters is 2. The molecule has 192 valence electrons. The molecule has 2 aliphatic rings. The van der Waals surface area contributed by atoms with Crippen LogP contribution in [-0.4, -0.2) is 44.4 Å². The number of carbonyl (C=O) groups excluding carboxylic acids is 2. The molecule has 0 saturated heterocycles. The average molecular weight is 487 g/mol. The van der Waals surface area contributed by atoms with Gasteiger partial charge in [0, 0.05) is 17.7 Å². The van der Waals surface area contributed by atoms with Gasteiger partial charge in [-0.05, 0) is 75.7 Å². The van der Waals surface area contributed by atoms with E-state index in [9.17, 15) is 9.59 Å². The van der Waals surface area contributed by atoms with Crippen LogP contribution < -0.4 is 11.5 Å². The van der Waals surface area contributed by atoms with Crippen LogP contribution in [0, 0.1) is 5.92 Å². The summed E-state index contributed by atoms with van der Waals surface area (Å²) in [6, 6.07) is -0.0135. The Hall–Kier alpha value is -3.26. The predicted molar refractivity (Wildman–Crippen MR) is 135 cm³/mol. The Morgan fingerprint density at radius 1 is 1.03 bits per heavy atom. The van der Waals surface area contributed by atoms with Gasteiger partial charge in [0.1, 0.15) is 24.7 Å². The number of nitrogens with two attached hydrogens (primary N) is 2. The Morgan fingerprint density at radius 3 is 2.40 bits per heavy atom. The maximum absolute atomic E-state index is 11.7. The van der Waals surface area contributed by atoms with Crippen molar-refractivity contribution in [3.05, 3.63) is 71.9 Å². The van der Waals surface area contributed by atoms with Crippen molar-refractivity contribution in [2.75, 3.05) is 26.4 Å². The average Bonchev–Trinajstić information content (AvgIpc) is 2.83. The first-order valence-electron chi connectivity index (χ1n) is 12.1. The highest BCUT2D eigenvalue weighted by Gasteiger charge is 2.11. The number of hydrogen-bond donors (Lipinski definition) is 2. The minimum absolute atomic E-state index is 0.00635. The lowest BCUT2D eigenvalue weighted by Gasteiger charge is -2.17. The van der Waals surface area contributed by atoms with Crippen LogP contribution in [-0.2, 0) is 28.5 Å². The highest BCUT2D eigenvalue weighted by Crippen LogP contribution is 2.19. The predicted octanol–water partition coefficient (Wildman–Crippen LogP) is 3.72. The lowest BCUT2D eigenvalue weighted by molar-refractivity contribution is -0.146. The number of ether oxygens (including phenoxy) is 4. The van der Waals surface area contributed by atoms with Gasteiger partial charge in [0.25, 0.3) is 0 Å². The summed E-state index contributed by atoms with van der Waals surface area (Å²) in [6.07, 6.45) is 18.5. The minimum atomic E-state index is -0.499. The van der Waals surface area contributed by atoms with Gasteiger partial charge < -0.3 is 30.4 Å². The molecular weight excluding hydrogens is 448 g/mol. The van der Waals surface area contributed by atoms with Gasteiger partial charge in [-0.1, -0.05) is 18.7 Å². The van der Waals surface area contributed by atoms with Crippen molar-refractivity contribution in [3.63, 3.8) is 0 Å². The molecule has 0 aromatic heterocycles. The largest absolute Gasteiger partial charge is 0.494 e. The summed E-state index contributed by atoms with van der Waals surface area (Å²) in [5, 5.41) is 0. The first-order chi connectivity index (χ1) is 16.8. The third-order valence-corrected chi connectivity index (χ3v) is 5.31. The normalized spacial score (nSPS) is 19.4. The summed E-state index contributed by atoms with van der Waals surface area (Å²) in [6.45, 7) is 6.36. The van der Waals surface area contributed by atoms with Crippen molar-refractivity contribution in [1.29, 1.82) is 0 Å². The Balaban J connectivity index is 1.48. The molecule has 2 aliphatic carbocycles. The van der Waals surface area contributed by atoms with E-state index in [1.807, 2.05) is 30.4 Å². The van der Waals surface area contributed by atoms with Crippen molar-refractivity contribution in [2.45, 2.75) is 51.5 Å². The molecule has 8 nitrogen and oxygen atoms in total. The van der Waals surface area contributed by atoms with Crippen molar-refractivity contribution in [2.24, 2.45) is 17.4 Å². The molecule has 0 heterocycles. The second kappa shape index (κ2) is 15.6. The summed E-state index contributed by atoms with van der Waals surface area (Å²) < 4.78 is 21.4. The van der Waals surface area contributed by atoms with Crippen LogP contribution in [0.2, 0.25) is 0 Å². The van der Waals surface area contributed by atoms with Crippen molar-refractivity contribution in [1.82, 2.24) is 0 Å². The summed E-state index contributed by atoms with van der Waals surface area (Å²) in [5.74, 6) is 0.736. The van der Waals surface area contributed by atoms with Crippen LogP contribution >= 0.6 is 0 Å². The molecule has 0 aromatic carbocycles. The maximum Gasteiger partial charge on any atom is 0.333 e. The Morgan fingerprint density at radius 2 is 1.74 bits per heavy atom. The smallest absolute Gasteiger partial charge is 0.333 e. The van der Waals surface area contributed by atoms with E-state index in [0.29, 0.717) is 24.5 Å². The van der Waals surface area contributed by atoms with Crippen LogP contribution in [0.3, 0.4) is 0 Å². The number of allylic oxidation sites excluding steroid dienone is 4. The van der Waals surface area contributed by atoms with Gasteiger partial charge in [0.2, 0.25) is 0 Å². The number of hydrogen-bond acceptors (Lipinski definition) is 8. The third kappa shape index (κ3) is 11.6. The Bertz CT molecular complexity index is 884. The lowest BCUT2D eigenvalue weighted by Crippen LogP contribution is -2.23. The zero-order valence-electron chi connectivity index (χ0n) is 20.6. The van der Waals surface area contributed by atoms with Gasteiger partial charge in [0.05, 0.1) is 18.9 Å². The van der Waals surface area contributed by atoms with E-state index in [0.717, 1.165) is 50.0 Å². The van der Waals surface area contributed by atoms with Gasteiger partial charge in [-0.25, -0.2) is 9.59 Å². The highest BCUT2D eigenvalue weighted by molar-refractivity contribution is 5.87. The molecule has 0 radical (unpaired) electrons. The Labute approximate surface area is 208 Å². The molecule has 0 aliphatic heterocycles. The van der Waals surface area contributed by atoms with E-state index in [4.69, 9.17) is 30.4 Å². The van der Waals surface area contributed by atoms with E-state index >= 15 is 0 Å².